The van der Waals surface area contributed by atoms with E-state index >= 15 is 0 Å². The summed E-state index contributed by atoms with van der Waals surface area (Å²) in [5.41, 5.74) is -0.294. The zero-order valence-electron chi connectivity index (χ0n) is 9.66. The van der Waals surface area contributed by atoms with Crippen molar-refractivity contribution in [3.63, 3.8) is 0 Å². The molecule has 0 fully saturated rings. The van der Waals surface area contributed by atoms with Gasteiger partial charge in [0.15, 0.2) is 5.69 Å². The third-order valence-corrected chi connectivity index (χ3v) is 2.65. The number of Topliss-reactive ketones (excluding diaryl/α,β-unsaturated/α-hetero) is 1. The number of hydrogen-bond acceptors (Lipinski definition) is 3. The van der Waals surface area contributed by atoms with Crippen molar-refractivity contribution in [2.45, 2.75) is 12.7 Å². The van der Waals surface area contributed by atoms with Gasteiger partial charge >= 0.3 is 6.18 Å². The summed E-state index contributed by atoms with van der Waals surface area (Å²) < 4.78 is 50.5. The molecule has 1 heterocycles. The van der Waals surface area contributed by atoms with Crippen molar-refractivity contribution in [2.24, 2.45) is 0 Å². The number of hydrogen-bond donors (Lipinski definition) is 0. The van der Waals surface area contributed by atoms with Crippen LogP contribution in [0.4, 0.5) is 17.6 Å². The predicted octanol–water partition coefficient (Wildman–Crippen LogP) is 2.86. The maximum Gasteiger partial charge on any atom is 0.456 e. The molecular formula is C11H6ClF4N3O. The van der Waals surface area contributed by atoms with E-state index in [1.165, 1.54) is 12.1 Å². The molecule has 0 radical (unpaired) electrons. The molecule has 2 rings (SSSR count). The Balaban J connectivity index is 2.17. The average molecular weight is 308 g/mol. The van der Waals surface area contributed by atoms with E-state index in [0.29, 0.717) is 5.56 Å². The van der Waals surface area contributed by atoms with Gasteiger partial charge in [-0.3, -0.25) is 4.79 Å². The van der Waals surface area contributed by atoms with Gasteiger partial charge in [-0.2, -0.15) is 13.2 Å². The molecule has 0 saturated carbocycles. The van der Waals surface area contributed by atoms with Crippen LogP contribution < -0.4 is 0 Å². The van der Waals surface area contributed by atoms with Gasteiger partial charge in [-0.1, -0.05) is 22.9 Å². The van der Waals surface area contributed by atoms with Crippen LogP contribution in [0.5, 0.6) is 0 Å². The molecule has 0 saturated heterocycles. The summed E-state index contributed by atoms with van der Waals surface area (Å²) in [7, 11) is 0. The molecule has 1 aromatic carbocycles. The fourth-order valence-corrected chi connectivity index (χ4v) is 1.65. The van der Waals surface area contributed by atoms with Gasteiger partial charge in [0.25, 0.3) is 5.78 Å². The van der Waals surface area contributed by atoms with Crippen molar-refractivity contribution in [2.75, 3.05) is 0 Å². The number of carbonyl (C=O) groups is 1. The molecule has 1 aromatic heterocycles. The second kappa shape index (κ2) is 5.20. The van der Waals surface area contributed by atoms with Gasteiger partial charge in [0.05, 0.1) is 17.8 Å². The third kappa shape index (κ3) is 3.13. The van der Waals surface area contributed by atoms with E-state index in [1.54, 1.807) is 0 Å². The number of carbonyl (C=O) groups excluding carboxylic acids is 1. The number of alkyl halides is 3. The van der Waals surface area contributed by atoms with E-state index in [1.807, 2.05) is 0 Å². The molecule has 9 heteroatoms. The Morgan fingerprint density at radius 3 is 2.65 bits per heavy atom. The highest BCUT2D eigenvalue weighted by atomic mass is 35.5. The van der Waals surface area contributed by atoms with Gasteiger partial charge in [0, 0.05) is 0 Å². The first kappa shape index (κ1) is 14.4. The molecule has 0 aliphatic rings. The van der Waals surface area contributed by atoms with Crippen molar-refractivity contribution in [1.29, 1.82) is 0 Å². The molecule has 0 aliphatic heterocycles. The quantitative estimate of drug-likeness (QED) is 0.647. The minimum atomic E-state index is -5.00. The lowest BCUT2D eigenvalue weighted by Crippen LogP contribution is -2.23. The fourth-order valence-electron chi connectivity index (χ4n) is 1.45. The number of ketones is 1. The van der Waals surface area contributed by atoms with Crippen molar-refractivity contribution in [3.05, 3.63) is 46.5 Å². The summed E-state index contributed by atoms with van der Waals surface area (Å²) >= 11 is 5.57. The predicted molar refractivity (Wildman–Crippen MR) is 60.9 cm³/mol. The van der Waals surface area contributed by atoms with Crippen LogP contribution in [0.15, 0.2) is 24.4 Å². The number of nitrogens with zero attached hydrogens (tertiary/aromatic N) is 3. The molecule has 106 valence electrons. The first-order valence-electron chi connectivity index (χ1n) is 5.23. The summed E-state index contributed by atoms with van der Waals surface area (Å²) in [4.78, 5) is 10.9. The van der Waals surface area contributed by atoms with Gasteiger partial charge in [0.2, 0.25) is 0 Å². The van der Waals surface area contributed by atoms with E-state index < -0.39 is 23.5 Å². The molecule has 0 bridgehead atoms. The van der Waals surface area contributed by atoms with Crippen LogP contribution in [0.2, 0.25) is 5.02 Å². The Morgan fingerprint density at radius 1 is 1.35 bits per heavy atom. The van der Waals surface area contributed by atoms with Crippen LogP contribution in [0, 0.1) is 5.82 Å². The highest BCUT2D eigenvalue weighted by Gasteiger charge is 2.41. The molecule has 2 aromatic rings. The summed E-state index contributed by atoms with van der Waals surface area (Å²) in [6.07, 6.45) is -4.13. The molecule has 4 nitrogen and oxygen atoms in total. The summed E-state index contributed by atoms with van der Waals surface area (Å²) in [5.74, 6) is -2.68. The zero-order valence-corrected chi connectivity index (χ0v) is 10.4. The monoisotopic (exact) mass is 307 g/mol. The largest absolute Gasteiger partial charge is 0.456 e. The topological polar surface area (TPSA) is 47.8 Å². The molecule has 0 atom stereocenters. The minimum Gasteiger partial charge on any atom is -0.282 e. The Kier molecular flexibility index (Phi) is 3.76. The second-order valence-electron chi connectivity index (χ2n) is 3.88. The standard InChI is InChI=1S/C11H6ClF4N3O/c12-7-3-6(1-2-8(7)13)4-19-5-9(17-18-19)10(20)11(14,15)16/h1-3,5H,4H2. The molecule has 0 N–H and O–H groups in total. The highest BCUT2D eigenvalue weighted by molar-refractivity contribution is 6.30. The van der Waals surface area contributed by atoms with Gasteiger partial charge in [-0.05, 0) is 17.7 Å². The van der Waals surface area contributed by atoms with Gasteiger partial charge in [0.1, 0.15) is 5.82 Å². The number of halogens is 5. The van der Waals surface area contributed by atoms with E-state index in [0.717, 1.165) is 16.9 Å². The van der Waals surface area contributed by atoms with Crippen LogP contribution >= 0.6 is 11.6 Å². The SMILES string of the molecule is O=C(c1cn(Cc2ccc(F)c(Cl)c2)nn1)C(F)(F)F. The average Bonchev–Trinajstić information content (AvgIpc) is 2.80. The lowest BCUT2D eigenvalue weighted by Gasteiger charge is -2.02. The number of benzene rings is 1. The minimum absolute atomic E-state index is 0.0120. The Morgan fingerprint density at radius 2 is 2.05 bits per heavy atom. The molecule has 0 aliphatic carbocycles. The fraction of sp³-hybridized carbons (Fsp3) is 0.182. The van der Waals surface area contributed by atoms with Gasteiger partial charge in [-0.25, -0.2) is 9.07 Å². The van der Waals surface area contributed by atoms with Gasteiger partial charge in [-0.15, -0.1) is 5.10 Å². The van der Waals surface area contributed by atoms with Crippen LogP contribution in [0.25, 0.3) is 0 Å². The van der Waals surface area contributed by atoms with Crippen LogP contribution in [0.3, 0.4) is 0 Å². The Bertz CT molecular complexity index is 653. The van der Waals surface area contributed by atoms with Gasteiger partial charge < -0.3 is 0 Å². The maximum absolute atomic E-state index is 12.9. The third-order valence-electron chi connectivity index (χ3n) is 2.36. The summed E-state index contributed by atoms with van der Waals surface area (Å²) in [6.45, 7) is 0.0120. The normalized spacial score (nSPS) is 11.7. The Hall–Kier alpha value is -1.96. The molecule has 20 heavy (non-hydrogen) atoms. The smallest absolute Gasteiger partial charge is 0.282 e. The van der Waals surface area contributed by atoms with Crippen molar-refractivity contribution in [3.8, 4) is 0 Å². The summed E-state index contributed by atoms with van der Waals surface area (Å²) in [6, 6.07) is 3.83. The maximum atomic E-state index is 12.9. The Labute approximate surface area is 115 Å². The summed E-state index contributed by atoms with van der Waals surface area (Å²) in [5, 5.41) is 6.45. The first-order valence-corrected chi connectivity index (χ1v) is 5.61. The highest BCUT2D eigenvalue weighted by Crippen LogP contribution is 2.20. The van der Waals surface area contributed by atoms with Crippen LogP contribution in [-0.2, 0) is 6.54 Å². The van der Waals surface area contributed by atoms with E-state index in [-0.39, 0.29) is 11.6 Å². The zero-order chi connectivity index (χ0) is 14.9. The molecule has 0 spiro atoms. The number of rotatable bonds is 3. The van der Waals surface area contributed by atoms with Crippen molar-refractivity contribution < 1.29 is 22.4 Å². The van der Waals surface area contributed by atoms with Crippen LogP contribution in [-0.4, -0.2) is 27.0 Å². The number of aromatic nitrogens is 3. The van der Waals surface area contributed by atoms with E-state index in [4.69, 9.17) is 11.6 Å². The molecule has 0 unspecified atom stereocenters. The van der Waals surface area contributed by atoms with E-state index in [2.05, 4.69) is 10.3 Å². The molecule has 0 amide bonds. The second-order valence-corrected chi connectivity index (χ2v) is 4.28. The van der Waals surface area contributed by atoms with Crippen molar-refractivity contribution >= 4 is 17.4 Å². The molecular weight excluding hydrogens is 302 g/mol. The first-order chi connectivity index (χ1) is 9.27. The van der Waals surface area contributed by atoms with E-state index in [9.17, 15) is 22.4 Å². The lowest BCUT2D eigenvalue weighted by atomic mass is 10.2. The van der Waals surface area contributed by atoms with Crippen molar-refractivity contribution in [1.82, 2.24) is 15.0 Å². The lowest BCUT2D eigenvalue weighted by molar-refractivity contribution is -0.0888. The van der Waals surface area contributed by atoms with Crippen LogP contribution in [0.1, 0.15) is 16.1 Å².